The molecule has 0 saturated heterocycles. The maximum Gasteiger partial charge on any atom is 0.124 e. The van der Waals surface area contributed by atoms with Gasteiger partial charge in [0.2, 0.25) is 0 Å². The Morgan fingerprint density at radius 1 is 0.905 bits per heavy atom. The van der Waals surface area contributed by atoms with Crippen molar-refractivity contribution in [2.75, 3.05) is 0 Å². The number of thioether (sulfide) groups is 1. The van der Waals surface area contributed by atoms with E-state index in [0.29, 0.717) is 11.5 Å². The maximum absolute atomic E-state index is 13.6. The molecule has 4 heteroatoms. The van der Waals surface area contributed by atoms with Crippen molar-refractivity contribution >= 4 is 22.7 Å². The fraction of sp³-hybridized carbons (Fsp3) is 0.118. The average Bonchev–Trinajstić information content (AvgIpc) is 2.47. The third-order valence-electron chi connectivity index (χ3n) is 3.16. The van der Waals surface area contributed by atoms with Crippen LogP contribution in [0.2, 0.25) is 0 Å². The molecule has 0 radical (unpaired) electrons. The second-order valence-electron chi connectivity index (χ2n) is 4.76. The topological polar surface area (TPSA) is 12.9 Å². The summed E-state index contributed by atoms with van der Waals surface area (Å²) in [7, 11) is 0. The molecule has 0 aliphatic rings. The third-order valence-corrected chi connectivity index (χ3v) is 4.22. The van der Waals surface area contributed by atoms with E-state index >= 15 is 0 Å². The highest BCUT2D eigenvalue weighted by molar-refractivity contribution is 7.97. The predicted molar refractivity (Wildman–Crippen MR) is 83.1 cm³/mol. The van der Waals surface area contributed by atoms with Crippen LogP contribution in [0.4, 0.5) is 8.78 Å². The highest BCUT2D eigenvalue weighted by Gasteiger charge is 2.06. The van der Waals surface area contributed by atoms with Crippen molar-refractivity contribution in [2.45, 2.75) is 11.5 Å². The SMILES string of the molecule is Fc1cccc(CSCc2cc(F)cc3cccnc23)c1. The van der Waals surface area contributed by atoms with Gasteiger partial charge in [0.25, 0.3) is 0 Å². The van der Waals surface area contributed by atoms with Crippen molar-refractivity contribution < 1.29 is 8.78 Å². The van der Waals surface area contributed by atoms with E-state index in [2.05, 4.69) is 4.98 Å². The number of fused-ring (bicyclic) bond motifs is 1. The summed E-state index contributed by atoms with van der Waals surface area (Å²) in [5, 5.41) is 0.804. The normalized spacial score (nSPS) is 11.0. The zero-order valence-corrected chi connectivity index (χ0v) is 12.0. The van der Waals surface area contributed by atoms with E-state index in [-0.39, 0.29) is 11.6 Å². The number of hydrogen-bond donors (Lipinski definition) is 0. The van der Waals surface area contributed by atoms with Crippen LogP contribution in [0.1, 0.15) is 11.1 Å². The Labute approximate surface area is 126 Å². The van der Waals surface area contributed by atoms with E-state index in [1.165, 1.54) is 24.3 Å². The average molecular weight is 301 g/mol. The summed E-state index contributed by atoms with van der Waals surface area (Å²) in [6.07, 6.45) is 1.71. The van der Waals surface area contributed by atoms with Crippen molar-refractivity contribution in [3.63, 3.8) is 0 Å². The molecule has 0 aliphatic heterocycles. The van der Waals surface area contributed by atoms with Crippen LogP contribution < -0.4 is 0 Å². The number of hydrogen-bond acceptors (Lipinski definition) is 2. The van der Waals surface area contributed by atoms with Crippen LogP contribution in [0.3, 0.4) is 0 Å². The first-order valence-electron chi connectivity index (χ1n) is 6.58. The molecule has 21 heavy (non-hydrogen) atoms. The largest absolute Gasteiger partial charge is 0.256 e. The van der Waals surface area contributed by atoms with Gasteiger partial charge >= 0.3 is 0 Å². The van der Waals surface area contributed by atoms with Crippen LogP contribution in [-0.4, -0.2) is 4.98 Å². The first kappa shape index (κ1) is 14.0. The van der Waals surface area contributed by atoms with Gasteiger partial charge in [0.15, 0.2) is 0 Å². The molecule has 1 heterocycles. The summed E-state index contributed by atoms with van der Waals surface area (Å²) >= 11 is 1.62. The van der Waals surface area contributed by atoms with Gasteiger partial charge in [-0.2, -0.15) is 11.8 Å². The van der Waals surface area contributed by atoms with Gasteiger partial charge in [-0.1, -0.05) is 18.2 Å². The molecule has 0 amide bonds. The Bertz CT molecular complexity index is 774. The van der Waals surface area contributed by atoms with Gasteiger partial charge in [-0.25, -0.2) is 8.78 Å². The molecule has 0 fully saturated rings. The molecule has 3 rings (SSSR count). The summed E-state index contributed by atoms with van der Waals surface area (Å²) in [6.45, 7) is 0. The lowest BCUT2D eigenvalue weighted by Gasteiger charge is -2.06. The van der Waals surface area contributed by atoms with E-state index < -0.39 is 0 Å². The number of pyridine rings is 1. The molecule has 1 nitrogen and oxygen atoms in total. The van der Waals surface area contributed by atoms with Crippen LogP contribution in [0.5, 0.6) is 0 Å². The second-order valence-corrected chi connectivity index (χ2v) is 5.75. The van der Waals surface area contributed by atoms with Gasteiger partial charge < -0.3 is 0 Å². The summed E-state index contributed by atoms with van der Waals surface area (Å²) in [5.41, 5.74) is 2.62. The molecular weight excluding hydrogens is 288 g/mol. The van der Waals surface area contributed by atoms with Crippen molar-refractivity contribution in [2.24, 2.45) is 0 Å². The van der Waals surface area contributed by atoms with E-state index in [9.17, 15) is 8.78 Å². The second kappa shape index (κ2) is 6.22. The summed E-state index contributed by atoms with van der Waals surface area (Å²) in [6, 6.07) is 13.2. The van der Waals surface area contributed by atoms with Gasteiger partial charge in [-0.05, 0) is 41.5 Å². The first-order chi connectivity index (χ1) is 10.2. The van der Waals surface area contributed by atoms with Crippen LogP contribution in [0, 0.1) is 11.6 Å². The first-order valence-corrected chi connectivity index (χ1v) is 7.73. The molecule has 2 aromatic carbocycles. The number of benzene rings is 2. The molecule has 3 aromatic rings. The molecule has 0 spiro atoms. The molecule has 0 bridgehead atoms. The minimum atomic E-state index is -0.253. The fourth-order valence-electron chi connectivity index (χ4n) is 2.24. The lowest BCUT2D eigenvalue weighted by atomic mass is 10.1. The van der Waals surface area contributed by atoms with Crippen LogP contribution >= 0.6 is 11.8 Å². The lowest BCUT2D eigenvalue weighted by molar-refractivity contribution is 0.626. The Hall–Kier alpha value is -1.94. The van der Waals surface area contributed by atoms with E-state index in [0.717, 1.165) is 22.0 Å². The van der Waals surface area contributed by atoms with Gasteiger partial charge in [0.1, 0.15) is 11.6 Å². The van der Waals surface area contributed by atoms with Crippen LogP contribution in [-0.2, 0) is 11.5 Å². The van der Waals surface area contributed by atoms with Gasteiger partial charge in [-0.3, -0.25) is 4.98 Å². The minimum absolute atomic E-state index is 0.231. The lowest BCUT2D eigenvalue weighted by Crippen LogP contribution is -1.90. The Kier molecular flexibility index (Phi) is 4.15. The van der Waals surface area contributed by atoms with E-state index in [4.69, 9.17) is 0 Å². The summed E-state index contributed by atoms with van der Waals surface area (Å²) in [4.78, 5) is 4.32. The number of nitrogens with zero attached hydrogens (tertiary/aromatic N) is 1. The van der Waals surface area contributed by atoms with E-state index in [1.54, 1.807) is 30.1 Å². The Morgan fingerprint density at radius 3 is 2.67 bits per heavy atom. The Morgan fingerprint density at radius 2 is 1.81 bits per heavy atom. The molecule has 0 atom stereocenters. The number of halogens is 2. The molecule has 0 unspecified atom stereocenters. The zero-order chi connectivity index (χ0) is 14.7. The summed E-state index contributed by atoms with van der Waals surface area (Å²) < 4.78 is 26.7. The number of rotatable bonds is 4. The van der Waals surface area contributed by atoms with Gasteiger partial charge in [-0.15, -0.1) is 0 Å². The van der Waals surface area contributed by atoms with Crippen LogP contribution in [0.15, 0.2) is 54.7 Å². The monoisotopic (exact) mass is 301 g/mol. The van der Waals surface area contributed by atoms with Gasteiger partial charge in [0.05, 0.1) is 5.52 Å². The zero-order valence-electron chi connectivity index (χ0n) is 11.2. The summed E-state index contributed by atoms with van der Waals surface area (Å²) in [5.74, 6) is 0.840. The third kappa shape index (κ3) is 3.39. The smallest absolute Gasteiger partial charge is 0.124 e. The van der Waals surface area contributed by atoms with Crippen molar-refractivity contribution in [1.29, 1.82) is 0 Å². The molecule has 0 saturated carbocycles. The quantitative estimate of drug-likeness (QED) is 0.676. The molecular formula is C17H13F2NS. The maximum atomic E-state index is 13.6. The Balaban J connectivity index is 1.76. The highest BCUT2D eigenvalue weighted by Crippen LogP contribution is 2.24. The van der Waals surface area contributed by atoms with Crippen molar-refractivity contribution in [1.82, 2.24) is 4.98 Å². The highest BCUT2D eigenvalue weighted by atomic mass is 32.2. The van der Waals surface area contributed by atoms with Crippen molar-refractivity contribution in [3.8, 4) is 0 Å². The van der Waals surface area contributed by atoms with Crippen LogP contribution in [0.25, 0.3) is 10.9 Å². The number of aromatic nitrogens is 1. The molecule has 0 aliphatic carbocycles. The van der Waals surface area contributed by atoms with Gasteiger partial charge in [0, 0.05) is 23.1 Å². The molecule has 106 valence electrons. The minimum Gasteiger partial charge on any atom is -0.256 e. The van der Waals surface area contributed by atoms with Crippen molar-refractivity contribution in [3.05, 3.63) is 77.5 Å². The molecule has 0 N–H and O–H groups in total. The fourth-order valence-corrected chi connectivity index (χ4v) is 3.20. The predicted octanol–water partition coefficient (Wildman–Crippen LogP) is 4.95. The molecule has 1 aromatic heterocycles. The standard InChI is InChI=1S/C17H13F2NS/c18-15-5-1-3-12(7-15)10-21-11-14-9-16(19)8-13-4-2-6-20-17(13)14/h1-9H,10-11H2. The van der Waals surface area contributed by atoms with E-state index in [1.807, 2.05) is 12.1 Å².